The van der Waals surface area contributed by atoms with Gasteiger partial charge in [0.05, 0.1) is 25.4 Å². The second-order valence-corrected chi connectivity index (χ2v) is 9.69. The molecule has 0 bridgehead atoms. The van der Waals surface area contributed by atoms with Crippen LogP contribution >= 0.6 is 0 Å². The highest BCUT2D eigenvalue weighted by molar-refractivity contribution is 5.67. The minimum Gasteiger partial charge on any atom is -0.377 e. The van der Waals surface area contributed by atoms with E-state index in [1.54, 1.807) is 0 Å². The Morgan fingerprint density at radius 1 is 0.909 bits per heavy atom. The summed E-state index contributed by atoms with van der Waals surface area (Å²) in [7, 11) is 0. The predicted octanol–water partition coefficient (Wildman–Crippen LogP) is 5.90. The van der Waals surface area contributed by atoms with E-state index in [9.17, 15) is 0 Å². The number of fused-ring (bicyclic) bond motifs is 1. The lowest BCUT2D eigenvalue weighted by Crippen LogP contribution is -2.58. The third-order valence-corrected chi connectivity index (χ3v) is 7.95. The zero-order chi connectivity index (χ0) is 22.3. The van der Waals surface area contributed by atoms with Crippen molar-refractivity contribution in [1.29, 1.82) is 0 Å². The van der Waals surface area contributed by atoms with Crippen molar-refractivity contribution >= 4 is 5.69 Å². The molecule has 2 aliphatic heterocycles. The molecular weight excluding hydrogens is 406 g/mol. The van der Waals surface area contributed by atoms with E-state index < -0.39 is 0 Å². The average Bonchev–Trinajstić information content (AvgIpc) is 3.39. The summed E-state index contributed by atoms with van der Waals surface area (Å²) in [6.45, 7) is 7.59. The van der Waals surface area contributed by atoms with Crippen LogP contribution in [0.15, 0.2) is 97.1 Å². The second kappa shape index (κ2) is 8.48. The van der Waals surface area contributed by atoms with Gasteiger partial charge < -0.3 is 14.4 Å². The van der Waals surface area contributed by atoms with Gasteiger partial charge in [0, 0.05) is 30.2 Å². The van der Waals surface area contributed by atoms with Crippen molar-refractivity contribution in [3.05, 3.63) is 114 Å². The van der Waals surface area contributed by atoms with Gasteiger partial charge in [-0.15, -0.1) is 0 Å². The molecule has 0 N–H and O–H groups in total. The molecule has 3 aliphatic rings. The van der Waals surface area contributed by atoms with Crippen LogP contribution in [0, 0.1) is 5.92 Å². The monoisotopic (exact) mass is 437 g/mol. The van der Waals surface area contributed by atoms with Gasteiger partial charge in [0.1, 0.15) is 0 Å². The third-order valence-electron chi connectivity index (χ3n) is 7.95. The van der Waals surface area contributed by atoms with Crippen LogP contribution in [0.25, 0.3) is 0 Å². The maximum Gasteiger partial charge on any atom is 0.0730 e. The summed E-state index contributed by atoms with van der Waals surface area (Å²) in [6, 6.07) is 30.6. The number of ether oxygens (including phenoxy) is 2. The van der Waals surface area contributed by atoms with Crippen molar-refractivity contribution in [3.63, 3.8) is 0 Å². The average molecular weight is 438 g/mol. The highest BCUT2D eigenvalue weighted by Gasteiger charge is 2.63. The quantitative estimate of drug-likeness (QED) is 0.449. The molecule has 1 saturated carbocycles. The molecule has 33 heavy (non-hydrogen) atoms. The first kappa shape index (κ1) is 20.7. The maximum absolute atomic E-state index is 6.38. The molecule has 3 aromatic rings. The SMILES string of the molecule is C=C1C[C@H]2OCC[C@@]23c2ccccc2N(Cc2ccccc2)[C@H]3[C@H]1COCc1ccccc1. The first-order chi connectivity index (χ1) is 16.3. The summed E-state index contributed by atoms with van der Waals surface area (Å²) in [5, 5.41) is 0. The van der Waals surface area contributed by atoms with Crippen LogP contribution in [0.3, 0.4) is 0 Å². The van der Waals surface area contributed by atoms with Crippen molar-refractivity contribution in [3.8, 4) is 0 Å². The minimum absolute atomic E-state index is 0.00728. The molecule has 2 heterocycles. The lowest BCUT2D eigenvalue weighted by molar-refractivity contribution is 0.0208. The minimum atomic E-state index is 0.00728. The summed E-state index contributed by atoms with van der Waals surface area (Å²) in [5.41, 5.74) is 6.62. The van der Waals surface area contributed by atoms with Crippen LogP contribution in [0.5, 0.6) is 0 Å². The van der Waals surface area contributed by atoms with Gasteiger partial charge in [0.25, 0.3) is 0 Å². The molecule has 1 aliphatic carbocycles. The number of hydrogen-bond donors (Lipinski definition) is 0. The zero-order valence-electron chi connectivity index (χ0n) is 19.0. The normalized spacial score (nSPS) is 27.8. The van der Waals surface area contributed by atoms with E-state index >= 15 is 0 Å². The molecule has 168 valence electrons. The fourth-order valence-electron chi connectivity index (χ4n) is 6.51. The first-order valence-electron chi connectivity index (χ1n) is 12.1. The lowest BCUT2D eigenvalue weighted by Gasteiger charge is -2.49. The summed E-state index contributed by atoms with van der Waals surface area (Å²) in [6.07, 6.45) is 2.18. The first-order valence-corrected chi connectivity index (χ1v) is 12.1. The Hall–Kier alpha value is -2.88. The van der Waals surface area contributed by atoms with Gasteiger partial charge in [0.15, 0.2) is 0 Å². The molecule has 1 spiro atoms. The van der Waals surface area contributed by atoms with E-state index in [-0.39, 0.29) is 17.4 Å². The second-order valence-electron chi connectivity index (χ2n) is 9.69. The summed E-state index contributed by atoms with van der Waals surface area (Å²) in [5.74, 6) is 0.266. The van der Waals surface area contributed by atoms with Crippen LogP contribution in [0.4, 0.5) is 5.69 Å². The standard InChI is InChI=1S/C30H31NO2/c1-22-18-28-30(16-17-33-28)26-14-8-9-15-27(26)31(19-23-10-4-2-5-11-23)29(30)25(22)21-32-20-24-12-6-3-7-13-24/h2-15,25,28-29H,1,16-21H2/t25-,28+,29-,30+/m0/s1. The molecular formula is C30H31NO2. The topological polar surface area (TPSA) is 21.7 Å². The molecule has 0 amide bonds. The van der Waals surface area contributed by atoms with Crippen molar-refractivity contribution in [2.45, 2.75) is 43.6 Å². The molecule has 0 aromatic heterocycles. The summed E-state index contributed by atoms with van der Waals surface area (Å²) in [4.78, 5) is 2.63. The Morgan fingerprint density at radius 3 is 2.39 bits per heavy atom. The number of anilines is 1. The predicted molar refractivity (Wildman–Crippen MR) is 132 cm³/mol. The van der Waals surface area contributed by atoms with Gasteiger partial charge in [-0.2, -0.15) is 0 Å². The Kier molecular flexibility index (Phi) is 5.32. The summed E-state index contributed by atoms with van der Waals surface area (Å²) < 4.78 is 12.7. The van der Waals surface area contributed by atoms with Gasteiger partial charge in [-0.25, -0.2) is 0 Å². The van der Waals surface area contributed by atoms with Crippen LogP contribution in [-0.2, 0) is 28.0 Å². The van der Waals surface area contributed by atoms with Crippen molar-refractivity contribution in [2.24, 2.45) is 5.92 Å². The molecule has 3 heteroatoms. The van der Waals surface area contributed by atoms with Crippen molar-refractivity contribution in [2.75, 3.05) is 18.1 Å². The number of para-hydroxylation sites is 1. The molecule has 3 aromatic carbocycles. The third kappa shape index (κ3) is 3.42. The van der Waals surface area contributed by atoms with Crippen LogP contribution in [0.2, 0.25) is 0 Å². The van der Waals surface area contributed by atoms with E-state index in [4.69, 9.17) is 9.47 Å². The smallest absolute Gasteiger partial charge is 0.0730 e. The van der Waals surface area contributed by atoms with E-state index in [1.807, 2.05) is 6.07 Å². The van der Waals surface area contributed by atoms with Gasteiger partial charge >= 0.3 is 0 Å². The van der Waals surface area contributed by atoms with Crippen molar-refractivity contribution in [1.82, 2.24) is 0 Å². The van der Waals surface area contributed by atoms with E-state index in [0.29, 0.717) is 19.3 Å². The molecule has 6 rings (SSSR count). The Balaban J connectivity index is 1.37. The molecule has 4 atom stereocenters. The Labute approximate surface area is 196 Å². The van der Waals surface area contributed by atoms with Crippen molar-refractivity contribution < 1.29 is 9.47 Å². The molecule has 3 nitrogen and oxygen atoms in total. The largest absolute Gasteiger partial charge is 0.377 e. The Bertz CT molecular complexity index is 1130. The van der Waals surface area contributed by atoms with Gasteiger partial charge in [-0.1, -0.05) is 91.0 Å². The maximum atomic E-state index is 6.38. The molecule has 2 fully saturated rings. The lowest BCUT2D eigenvalue weighted by atomic mass is 9.60. The number of benzene rings is 3. The Morgan fingerprint density at radius 2 is 1.61 bits per heavy atom. The highest BCUT2D eigenvalue weighted by atomic mass is 16.5. The molecule has 0 unspecified atom stereocenters. The van der Waals surface area contributed by atoms with Crippen LogP contribution in [-0.4, -0.2) is 25.4 Å². The van der Waals surface area contributed by atoms with Gasteiger partial charge in [-0.05, 0) is 35.6 Å². The number of rotatable bonds is 6. The summed E-state index contributed by atoms with van der Waals surface area (Å²) >= 11 is 0. The number of nitrogens with zero attached hydrogens (tertiary/aromatic N) is 1. The van der Waals surface area contributed by atoms with Crippen LogP contribution < -0.4 is 4.90 Å². The highest BCUT2D eigenvalue weighted by Crippen LogP contribution is 2.60. The number of hydrogen-bond acceptors (Lipinski definition) is 3. The van der Waals surface area contributed by atoms with E-state index in [2.05, 4.69) is 90.3 Å². The van der Waals surface area contributed by atoms with Gasteiger partial charge in [0.2, 0.25) is 0 Å². The van der Waals surface area contributed by atoms with E-state index in [0.717, 1.165) is 26.0 Å². The molecule has 0 radical (unpaired) electrons. The van der Waals surface area contributed by atoms with Crippen LogP contribution in [0.1, 0.15) is 29.5 Å². The fraction of sp³-hybridized carbons (Fsp3) is 0.333. The van der Waals surface area contributed by atoms with Gasteiger partial charge in [-0.3, -0.25) is 0 Å². The molecule has 1 saturated heterocycles. The van der Waals surface area contributed by atoms with E-state index in [1.165, 1.54) is 28.0 Å². The zero-order valence-corrected chi connectivity index (χ0v) is 19.0. The fourth-order valence-corrected chi connectivity index (χ4v) is 6.51.